The van der Waals surface area contributed by atoms with Gasteiger partial charge in [0.15, 0.2) is 11.5 Å². The number of halogens is 1. The Morgan fingerprint density at radius 1 is 1.30 bits per heavy atom. The molecule has 1 aromatic heterocycles. The zero-order valence-electron chi connectivity index (χ0n) is 10.7. The first-order valence-electron chi connectivity index (χ1n) is 6.27. The molecule has 0 spiro atoms. The van der Waals surface area contributed by atoms with E-state index in [0.29, 0.717) is 25.3 Å². The van der Waals surface area contributed by atoms with Gasteiger partial charge < -0.3 is 9.47 Å². The summed E-state index contributed by atoms with van der Waals surface area (Å²) >= 11 is 3.54. The number of benzene rings is 1. The molecule has 0 amide bonds. The molecule has 0 aliphatic carbocycles. The summed E-state index contributed by atoms with van der Waals surface area (Å²) in [5.74, 6) is 1.52. The fraction of sp³-hybridized carbons (Fsp3) is 0.286. The van der Waals surface area contributed by atoms with E-state index in [4.69, 9.17) is 14.7 Å². The molecule has 0 unspecified atom stereocenters. The minimum atomic E-state index is 0.551. The van der Waals surface area contributed by atoms with Crippen molar-refractivity contribution in [1.82, 2.24) is 9.78 Å². The van der Waals surface area contributed by atoms with Gasteiger partial charge >= 0.3 is 0 Å². The average molecular weight is 334 g/mol. The summed E-state index contributed by atoms with van der Waals surface area (Å²) in [4.78, 5) is 0. The predicted molar refractivity (Wildman–Crippen MR) is 75.8 cm³/mol. The molecule has 2 heterocycles. The Kier molecular flexibility index (Phi) is 3.61. The van der Waals surface area contributed by atoms with Gasteiger partial charge in [-0.3, -0.25) is 4.68 Å². The van der Waals surface area contributed by atoms with Crippen LogP contribution in [0.3, 0.4) is 0 Å². The Bertz CT molecular complexity index is 676. The van der Waals surface area contributed by atoms with E-state index in [0.717, 1.165) is 28.0 Å². The van der Waals surface area contributed by atoms with Gasteiger partial charge in [-0.2, -0.15) is 10.4 Å². The number of nitrogens with zero attached hydrogens (tertiary/aromatic N) is 3. The van der Waals surface area contributed by atoms with Gasteiger partial charge in [0.05, 0.1) is 31.5 Å². The van der Waals surface area contributed by atoms with E-state index in [1.54, 1.807) is 17.1 Å². The molecule has 0 N–H and O–H groups in total. The molecule has 20 heavy (non-hydrogen) atoms. The van der Waals surface area contributed by atoms with Gasteiger partial charge in [-0.15, -0.1) is 0 Å². The summed E-state index contributed by atoms with van der Waals surface area (Å²) in [7, 11) is 0. The van der Waals surface area contributed by atoms with Crippen LogP contribution in [0.2, 0.25) is 0 Å². The molecule has 2 aromatic rings. The van der Waals surface area contributed by atoms with Crippen molar-refractivity contribution in [3.8, 4) is 17.6 Å². The number of hydrogen-bond donors (Lipinski definition) is 0. The lowest BCUT2D eigenvalue weighted by molar-refractivity contribution is 0.297. The van der Waals surface area contributed by atoms with Gasteiger partial charge in [-0.05, 0) is 17.7 Å². The number of ether oxygens (including phenoxy) is 2. The van der Waals surface area contributed by atoms with Gasteiger partial charge in [-0.25, -0.2) is 0 Å². The highest BCUT2D eigenvalue weighted by Gasteiger charge is 2.14. The summed E-state index contributed by atoms with van der Waals surface area (Å²) in [5.41, 5.74) is 1.58. The van der Waals surface area contributed by atoms with Crippen molar-refractivity contribution in [1.29, 1.82) is 5.26 Å². The van der Waals surface area contributed by atoms with Crippen LogP contribution < -0.4 is 9.47 Å². The van der Waals surface area contributed by atoms with Crippen LogP contribution in [0.15, 0.2) is 29.0 Å². The van der Waals surface area contributed by atoms with Crippen molar-refractivity contribution in [2.24, 2.45) is 0 Å². The van der Waals surface area contributed by atoms with Crippen molar-refractivity contribution in [3.05, 3.63) is 40.1 Å². The molecule has 3 rings (SSSR count). The van der Waals surface area contributed by atoms with Crippen LogP contribution in [-0.2, 0) is 6.54 Å². The van der Waals surface area contributed by atoms with E-state index in [9.17, 15) is 0 Å². The molecule has 0 saturated carbocycles. The van der Waals surface area contributed by atoms with Gasteiger partial charge in [0.25, 0.3) is 0 Å². The van der Waals surface area contributed by atoms with Gasteiger partial charge in [0.1, 0.15) is 6.07 Å². The van der Waals surface area contributed by atoms with Gasteiger partial charge in [-0.1, -0.05) is 15.9 Å². The van der Waals surface area contributed by atoms with E-state index in [2.05, 4.69) is 27.1 Å². The van der Waals surface area contributed by atoms with Crippen LogP contribution in [0, 0.1) is 11.3 Å². The second-order valence-electron chi connectivity index (χ2n) is 4.48. The maximum atomic E-state index is 8.81. The van der Waals surface area contributed by atoms with Crippen LogP contribution in [0.25, 0.3) is 0 Å². The van der Waals surface area contributed by atoms with Crippen LogP contribution in [0.4, 0.5) is 0 Å². The van der Waals surface area contributed by atoms with Gasteiger partial charge in [0.2, 0.25) is 0 Å². The molecular formula is C14H12BrN3O2. The minimum absolute atomic E-state index is 0.551. The quantitative estimate of drug-likeness (QED) is 0.847. The van der Waals surface area contributed by atoms with E-state index in [1.165, 1.54) is 0 Å². The molecule has 0 atom stereocenters. The summed E-state index contributed by atoms with van der Waals surface area (Å²) in [5, 5.41) is 13.0. The van der Waals surface area contributed by atoms with E-state index >= 15 is 0 Å². The first-order valence-corrected chi connectivity index (χ1v) is 7.06. The summed E-state index contributed by atoms with van der Waals surface area (Å²) in [6.07, 6.45) is 4.15. The lowest BCUT2D eigenvalue weighted by Gasteiger charge is -2.11. The van der Waals surface area contributed by atoms with Crippen molar-refractivity contribution in [3.63, 3.8) is 0 Å². The van der Waals surface area contributed by atoms with Gasteiger partial charge in [0, 0.05) is 17.1 Å². The zero-order chi connectivity index (χ0) is 13.9. The van der Waals surface area contributed by atoms with E-state index < -0.39 is 0 Å². The maximum Gasteiger partial charge on any atom is 0.162 e. The molecule has 1 aliphatic heterocycles. The third-order valence-electron chi connectivity index (χ3n) is 3.01. The van der Waals surface area contributed by atoms with Crippen LogP contribution >= 0.6 is 15.9 Å². The molecule has 1 aliphatic rings. The standard InChI is InChI=1S/C14H12BrN3O2/c15-12-5-14-13(19-2-1-3-20-14)4-11(12)9-18-8-10(6-16)7-17-18/h4-5,7-8H,1-3,9H2. The molecule has 5 nitrogen and oxygen atoms in total. The van der Waals surface area contributed by atoms with Crippen LogP contribution in [-0.4, -0.2) is 23.0 Å². The highest BCUT2D eigenvalue weighted by atomic mass is 79.9. The minimum Gasteiger partial charge on any atom is -0.490 e. The molecule has 0 fully saturated rings. The Morgan fingerprint density at radius 2 is 2.05 bits per heavy atom. The Labute approximate surface area is 124 Å². The van der Waals surface area contributed by atoms with E-state index in [1.807, 2.05) is 12.1 Å². The maximum absolute atomic E-state index is 8.81. The lowest BCUT2D eigenvalue weighted by Crippen LogP contribution is -2.02. The second kappa shape index (κ2) is 5.55. The molecule has 6 heteroatoms. The second-order valence-corrected chi connectivity index (χ2v) is 5.33. The zero-order valence-corrected chi connectivity index (χ0v) is 12.3. The Balaban J connectivity index is 1.89. The SMILES string of the molecule is N#Cc1cnn(Cc2cc3c(cc2Br)OCCCO3)c1. The fourth-order valence-corrected chi connectivity index (χ4v) is 2.48. The monoisotopic (exact) mass is 333 g/mol. The first-order chi connectivity index (χ1) is 9.76. The number of fused-ring (bicyclic) bond motifs is 1. The lowest BCUT2D eigenvalue weighted by atomic mass is 10.2. The summed E-state index contributed by atoms with van der Waals surface area (Å²) in [6, 6.07) is 5.94. The predicted octanol–water partition coefficient (Wildman–Crippen LogP) is 2.73. The molecule has 0 saturated heterocycles. The third kappa shape index (κ3) is 2.63. The molecular weight excluding hydrogens is 322 g/mol. The smallest absolute Gasteiger partial charge is 0.162 e. The summed E-state index contributed by atoms with van der Waals surface area (Å²) in [6.45, 7) is 1.90. The Morgan fingerprint density at radius 3 is 2.75 bits per heavy atom. The number of nitriles is 1. The molecule has 1 aromatic carbocycles. The largest absolute Gasteiger partial charge is 0.490 e. The topological polar surface area (TPSA) is 60.1 Å². The highest BCUT2D eigenvalue weighted by Crippen LogP contribution is 2.35. The Hall–Kier alpha value is -2.00. The molecule has 0 radical (unpaired) electrons. The average Bonchev–Trinajstić information content (AvgIpc) is 2.78. The summed E-state index contributed by atoms with van der Waals surface area (Å²) < 4.78 is 14.0. The fourth-order valence-electron chi connectivity index (χ4n) is 2.03. The van der Waals surface area contributed by atoms with Crippen molar-refractivity contribution in [2.75, 3.05) is 13.2 Å². The van der Waals surface area contributed by atoms with Crippen molar-refractivity contribution >= 4 is 15.9 Å². The number of hydrogen-bond acceptors (Lipinski definition) is 4. The van der Waals surface area contributed by atoms with Crippen LogP contribution in [0.1, 0.15) is 17.5 Å². The molecule has 0 bridgehead atoms. The molecule has 102 valence electrons. The van der Waals surface area contributed by atoms with Crippen molar-refractivity contribution < 1.29 is 9.47 Å². The number of rotatable bonds is 2. The van der Waals surface area contributed by atoms with Crippen LogP contribution in [0.5, 0.6) is 11.5 Å². The third-order valence-corrected chi connectivity index (χ3v) is 3.75. The highest BCUT2D eigenvalue weighted by molar-refractivity contribution is 9.10. The number of aromatic nitrogens is 2. The normalized spacial score (nSPS) is 13.6. The van der Waals surface area contributed by atoms with Crippen molar-refractivity contribution in [2.45, 2.75) is 13.0 Å². The first kappa shape index (κ1) is 13.0. The van der Waals surface area contributed by atoms with E-state index in [-0.39, 0.29) is 0 Å².